The Labute approximate surface area is 185 Å². The van der Waals surface area contributed by atoms with Crippen molar-refractivity contribution in [3.8, 4) is 34.1 Å². The van der Waals surface area contributed by atoms with Gasteiger partial charge in [-0.3, -0.25) is 4.90 Å². The number of piperazine rings is 1. The average molecular weight is 439 g/mol. The largest absolute Gasteiger partial charge is 0.496 e. The van der Waals surface area contributed by atoms with Crippen LogP contribution in [-0.2, 0) is 6.54 Å². The van der Waals surface area contributed by atoms with Crippen molar-refractivity contribution in [3.05, 3.63) is 46.8 Å². The van der Waals surface area contributed by atoms with Crippen LogP contribution >= 0.6 is 0 Å². The number of nitrogens with one attached hydrogen (secondary N) is 1. The van der Waals surface area contributed by atoms with Crippen molar-refractivity contribution in [3.63, 3.8) is 0 Å². The van der Waals surface area contributed by atoms with Crippen LogP contribution in [0.5, 0.6) is 11.5 Å². The zero-order chi connectivity index (χ0) is 22.2. The van der Waals surface area contributed by atoms with Gasteiger partial charge in [0.15, 0.2) is 0 Å². The number of methoxy groups -OCH3 is 1. The molecule has 2 heterocycles. The van der Waals surface area contributed by atoms with Crippen LogP contribution in [0.4, 0.5) is 4.39 Å². The predicted molar refractivity (Wildman–Crippen MR) is 126 cm³/mol. The highest BCUT2D eigenvalue weighted by atomic mass is 28.3. The molecule has 164 valence electrons. The highest BCUT2D eigenvalue weighted by Gasteiger charge is 2.31. The molecule has 0 saturated carbocycles. The standard InChI is InChI=1S/C25H31FN2O2Si/c1-17-7-6-8-22(29-2)23(17)24-20(9-12-31(3,4)5)25-18(13-21(24)26)15-28-11-10-27-14-19(28)16-30-25/h6-8,13,19,27H,10-11,14-16H2,1-5H3/t19-/m1/s1. The minimum atomic E-state index is -1.70. The lowest BCUT2D eigenvalue weighted by molar-refractivity contribution is 0.120. The number of rotatable bonds is 2. The van der Waals surface area contributed by atoms with E-state index in [2.05, 4.69) is 41.3 Å². The number of hydrogen-bond donors (Lipinski definition) is 1. The summed E-state index contributed by atoms with van der Waals surface area (Å²) < 4.78 is 27.8. The maximum atomic E-state index is 15.8. The van der Waals surface area contributed by atoms with Crippen LogP contribution in [0.2, 0.25) is 19.6 Å². The first-order chi connectivity index (χ1) is 14.8. The molecule has 2 aromatic carbocycles. The number of ether oxygens (including phenoxy) is 2. The number of nitrogens with zero attached hydrogens (tertiary/aromatic N) is 1. The summed E-state index contributed by atoms with van der Waals surface area (Å²) in [6.45, 7) is 12.5. The van der Waals surface area contributed by atoms with Crippen molar-refractivity contribution < 1.29 is 13.9 Å². The molecule has 1 atom stereocenters. The lowest BCUT2D eigenvalue weighted by atomic mass is 9.92. The van der Waals surface area contributed by atoms with Crippen molar-refractivity contribution in [1.82, 2.24) is 10.2 Å². The summed E-state index contributed by atoms with van der Waals surface area (Å²) >= 11 is 0. The summed E-state index contributed by atoms with van der Waals surface area (Å²) in [5, 5.41) is 3.43. The van der Waals surface area contributed by atoms with Gasteiger partial charge in [-0.15, -0.1) is 5.54 Å². The van der Waals surface area contributed by atoms with Crippen LogP contribution in [0.25, 0.3) is 11.1 Å². The summed E-state index contributed by atoms with van der Waals surface area (Å²) in [7, 11) is -0.0766. The van der Waals surface area contributed by atoms with Gasteiger partial charge in [0.1, 0.15) is 32.0 Å². The van der Waals surface area contributed by atoms with Crippen molar-refractivity contribution in [2.24, 2.45) is 0 Å². The van der Waals surface area contributed by atoms with Gasteiger partial charge in [0, 0.05) is 42.9 Å². The van der Waals surface area contributed by atoms with Gasteiger partial charge in [-0.05, 0) is 24.6 Å². The topological polar surface area (TPSA) is 33.7 Å². The number of benzene rings is 2. The molecule has 2 aromatic rings. The van der Waals surface area contributed by atoms with E-state index in [1.807, 2.05) is 25.1 Å². The van der Waals surface area contributed by atoms with Crippen LogP contribution in [0.15, 0.2) is 24.3 Å². The summed E-state index contributed by atoms with van der Waals surface area (Å²) in [5.74, 6) is 4.46. The summed E-state index contributed by atoms with van der Waals surface area (Å²) in [6, 6.07) is 7.69. The second-order valence-electron chi connectivity index (χ2n) is 9.39. The van der Waals surface area contributed by atoms with E-state index in [1.54, 1.807) is 13.2 Å². The summed E-state index contributed by atoms with van der Waals surface area (Å²) in [6.07, 6.45) is 0. The molecule has 0 unspecified atom stereocenters. The van der Waals surface area contributed by atoms with E-state index < -0.39 is 8.07 Å². The third-order valence-corrected chi connectivity index (χ3v) is 6.72. The van der Waals surface area contributed by atoms with E-state index in [9.17, 15) is 0 Å². The van der Waals surface area contributed by atoms with Crippen LogP contribution in [0.3, 0.4) is 0 Å². The molecule has 1 saturated heterocycles. The fourth-order valence-electron chi connectivity index (χ4n) is 4.29. The summed E-state index contributed by atoms with van der Waals surface area (Å²) in [4.78, 5) is 2.38. The monoisotopic (exact) mass is 438 g/mol. The average Bonchev–Trinajstić information content (AvgIpc) is 2.90. The molecule has 31 heavy (non-hydrogen) atoms. The second-order valence-corrected chi connectivity index (χ2v) is 14.1. The molecule has 0 bridgehead atoms. The Balaban J connectivity index is 1.97. The minimum Gasteiger partial charge on any atom is -0.496 e. The minimum absolute atomic E-state index is 0.275. The zero-order valence-corrected chi connectivity index (χ0v) is 20.1. The van der Waals surface area contributed by atoms with Crippen LogP contribution in [0.1, 0.15) is 16.7 Å². The van der Waals surface area contributed by atoms with Crippen LogP contribution in [-0.4, -0.2) is 52.4 Å². The van der Waals surface area contributed by atoms with Crippen LogP contribution in [0, 0.1) is 24.2 Å². The SMILES string of the molecule is COc1cccc(C)c1-c1c(F)cc2c(c1C#C[Si](C)(C)C)OC[C@H]1CNCCN1C2. The van der Waals surface area contributed by atoms with E-state index in [0.717, 1.165) is 42.1 Å². The molecular weight excluding hydrogens is 407 g/mol. The molecule has 4 rings (SSSR count). The Morgan fingerprint density at radius 2 is 2.06 bits per heavy atom. The Morgan fingerprint density at radius 3 is 2.81 bits per heavy atom. The molecule has 2 aliphatic heterocycles. The molecule has 0 radical (unpaired) electrons. The molecule has 1 fully saturated rings. The molecule has 0 aliphatic carbocycles. The quantitative estimate of drug-likeness (QED) is 0.563. The normalized spacial score (nSPS) is 18.7. The fraction of sp³-hybridized carbons (Fsp3) is 0.440. The van der Waals surface area contributed by atoms with E-state index in [0.29, 0.717) is 30.0 Å². The zero-order valence-electron chi connectivity index (χ0n) is 19.1. The van der Waals surface area contributed by atoms with Gasteiger partial charge in [0.2, 0.25) is 0 Å². The third kappa shape index (κ3) is 4.50. The first kappa shape index (κ1) is 21.9. The molecule has 0 amide bonds. The first-order valence-electron chi connectivity index (χ1n) is 10.9. The van der Waals surface area contributed by atoms with E-state index in [-0.39, 0.29) is 11.9 Å². The van der Waals surface area contributed by atoms with E-state index in [1.165, 1.54) is 0 Å². The smallest absolute Gasteiger partial charge is 0.140 e. The van der Waals surface area contributed by atoms with E-state index >= 15 is 4.39 Å². The van der Waals surface area contributed by atoms with Gasteiger partial charge in [-0.25, -0.2) is 4.39 Å². The molecule has 2 aliphatic rings. The molecule has 6 heteroatoms. The molecular formula is C25H31FN2O2Si. The number of hydrogen-bond acceptors (Lipinski definition) is 4. The molecule has 0 spiro atoms. The first-order valence-corrected chi connectivity index (χ1v) is 14.4. The van der Waals surface area contributed by atoms with Gasteiger partial charge in [0.05, 0.1) is 18.7 Å². The van der Waals surface area contributed by atoms with Crippen molar-refractivity contribution >= 4 is 8.07 Å². The van der Waals surface area contributed by atoms with Gasteiger partial charge in [-0.2, -0.15) is 0 Å². The van der Waals surface area contributed by atoms with Crippen molar-refractivity contribution in [1.29, 1.82) is 0 Å². The number of fused-ring (bicyclic) bond motifs is 2. The maximum Gasteiger partial charge on any atom is 0.140 e. The Bertz CT molecular complexity index is 1050. The Kier molecular flexibility index (Phi) is 6.11. The highest BCUT2D eigenvalue weighted by molar-refractivity contribution is 6.83. The number of halogens is 1. The maximum absolute atomic E-state index is 15.8. The third-order valence-electron chi connectivity index (χ3n) is 5.84. The van der Waals surface area contributed by atoms with Crippen molar-refractivity contribution in [2.75, 3.05) is 33.4 Å². The second kappa shape index (κ2) is 8.66. The fourth-order valence-corrected chi connectivity index (χ4v) is 4.79. The molecule has 0 aromatic heterocycles. The Morgan fingerprint density at radius 1 is 1.26 bits per heavy atom. The van der Waals surface area contributed by atoms with Gasteiger partial charge >= 0.3 is 0 Å². The van der Waals surface area contributed by atoms with Crippen LogP contribution < -0.4 is 14.8 Å². The molecule has 4 nitrogen and oxygen atoms in total. The van der Waals surface area contributed by atoms with E-state index in [4.69, 9.17) is 9.47 Å². The predicted octanol–water partition coefficient (Wildman–Crippen LogP) is 4.20. The Hall–Kier alpha value is -2.33. The van der Waals surface area contributed by atoms with Crippen molar-refractivity contribution in [2.45, 2.75) is 39.2 Å². The summed E-state index contributed by atoms with van der Waals surface area (Å²) in [5.41, 5.74) is 7.15. The number of aryl methyl sites for hydroxylation is 1. The lowest BCUT2D eigenvalue weighted by Crippen LogP contribution is -2.52. The van der Waals surface area contributed by atoms with Gasteiger partial charge in [0.25, 0.3) is 0 Å². The highest BCUT2D eigenvalue weighted by Crippen LogP contribution is 2.42. The van der Waals surface area contributed by atoms with Gasteiger partial charge < -0.3 is 14.8 Å². The molecule has 1 N–H and O–H groups in total. The lowest BCUT2D eigenvalue weighted by Gasteiger charge is -2.33. The van der Waals surface area contributed by atoms with Gasteiger partial charge in [-0.1, -0.05) is 37.7 Å².